The number of benzene rings is 1. The van der Waals surface area contributed by atoms with E-state index >= 15 is 0 Å². The molecule has 0 saturated carbocycles. The molecule has 124 valence electrons. The van der Waals surface area contributed by atoms with E-state index < -0.39 is 41.5 Å². The summed E-state index contributed by atoms with van der Waals surface area (Å²) in [5.41, 5.74) is -2.98. The van der Waals surface area contributed by atoms with Crippen molar-refractivity contribution in [2.45, 2.75) is 45.1 Å². The highest BCUT2D eigenvalue weighted by Gasteiger charge is 2.37. The fraction of sp³-hybridized carbons (Fsp3) is 0.500. The monoisotopic (exact) mass is 328 g/mol. The van der Waals surface area contributed by atoms with Gasteiger partial charge in [0.2, 0.25) is 0 Å². The minimum absolute atomic E-state index is 0.0622. The van der Waals surface area contributed by atoms with E-state index in [1.165, 1.54) is 13.8 Å². The van der Waals surface area contributed by atoms with Crippen LogP contribution < -0.4 is 0 Å². The number of carbonyl (C=O) groups is 1. The Morgan fingerprint density at radius 1 is 0.955 bits per heavy atom. The van der Waals surface area contributed by atoms with Crippen LogP contribution in [0.25, 0.3) is 0 Å². The van der Waals surface area contributed by atoms with Crippen molar-refractivity contribution in [1.82, 2.24) is 0 Å². The maximum absolute atomic E-state index is 12.8. The van der Waals surface area contributed by atoms with Gasteiger partial charge < -0.3 is 4.74 Å². The smallest absolute Gasteiger partial charge is 0.416 e. The predicted molar refractivity (Wildman–Crippen MR) is 66.1 cm³/mol. The second-order valence-corrected chi connectivity index (χ2v) is 4.94. The molecule has 0 amide bonds. The lowest BCUT2D eigenvalue weighted by Gasteiger charge is -2.22. The Bertz CT molecular complexity index is 515. The predicted octanol–water partition coefficient (Wildman–Crippen LogP) is 4.78. The molecule has 1 aromatic carbocycles. The fourth-order valence-electron chi connectivity index (χ4n) is 1.88. The van der Waals surface area contributed by atoms with Crippen LogP contribution in [0, 0.1) is 0 Å². The molecule has 2 atom stereocenters. The lowest BCUT2D eigenvalue weighted by Crippen LogP contribution is -2.20. The van der Waals surface area contributed by atoms with Gasteiger partial charge in [0.25, 0.3) is 0 Å². The standard InChI is InChI=1S/C14H14F6O2/c1-7(8(2)22-9(3)21)10-4-11(13(15,16)17)6-12(5-10)14(18,19)20/h4-8H,1-3H3/t7-,8-/m0/s1. The lowest BCUT2D eigenvalue weighted by molar-refractivity contribution is -0.147. The van der Waals surface area contributed by atoms with E-state index in [4.69, 9.17) is 4.74 Å². The maximum atomic E-state index is 12.8. The summed E-state index contributed by atoms with van der Waals surface area (Å²) in [6.45, 7) is 3.90. The Labute approximate surface area is 123 Å². The Morgan fingerprint density at radius 3 is 1.68 bits per heavy atom. The minimum Gasteiger partial charge on any atom is -0.462 e. The molecule has 0 aliphatic carbocycles. The summed E-state index contributed by atoms with van der Waals surface area (Å²) < 4.78 is 81.4. The SMILES string of the molecule is CC(=O)O[C@@H](C)[C@H](C)c1cc(C(F)(F)F)cc(C(F)(F)F)c1. The van der Waals surface area contributed by atoms with Gasteiger partial charge >= 0.3 is 18.3 Å². The van der Waals surface area contributed by atoms with E-state index in [2.05, 4.69) is 0 Å². The van der Waals surface area contributed by atoms with Gasteiger partial charge in [-0.15, -0.1) is 0 Å². The third-order valence-electron chi connectivity index (χ3n) is 3.19. The zero-order valence-corrected chi connectivity index (χ0v) is 12.0. The normalized spacial score (nSPS) is 15.3. The van der Waals surface area contributed by atoms with Gasteiger partial charge in [-0.25, -0.2) is 0 Å². The quantitative estimate of drug-likeness (QED) is 0.590. The van der Waals surface area contributed by atoms with Gasteiger partial charge in [-0.3, -0.25) is 4.79 Å². The van der Waals surface area contributed by atoms with E-state index in [0.29, 0.717) is 12.1 Å². The van der Waals surface area contributed by atoms with Crippen molar-refractivity contribution < 1.29 is 35.9 Å². The van der Waals surface area contributed by atoms with Crippen molar-refractivity contribution in [2.24, 2.45) is 0 Å². The summed E-state index contributed by atoms with van der Waals surface area (Å²) in [6.07, 6.45) is -10.7. The molecular formula is C14H14F6O2. The van der Waals surface area contributed by atoms with Gasteiger partial charge in [0, 0.05) is 12.8 Å². The number of hydrogen-bond acceptors (Lipinski definition) is 2. The molecular weight excluding hydrogens is 314 g/mol. The number of rotatable bonds is 3. The summed E-state index contributed by atoms with van der Waals surface area (Å²) in [7, 11) is 0. The molecule has 0 aromatic heterocycles. The zero-order chi connectivity index (χ0) is 17.3. The largest absolute Gasteiger partial charge is 0.462 e. The first-order valence-electron chi connectivity index (χ1n) is 6.29. The highest BCUT2D eigenvalue weighted by molar-refractivity contribution is 5.66. The molecule has 2 nitrogen and oxygen atoms in total. The van der Waals surface area contributed by atoms with E-state index in [1.807, 2.05) is 0 Å². The van der Waals surface area contributed by atoms with Crippen LogP contribution in [-0.4, -0.2) is 12.1 Å². The third-order valence-corrected chi connectivity index (χ3v) is 3.19. The van der Waals surface area contributed by atoms with Crippen molar-refractivity contribution in [1.29, 1.82) is 0 Å². The second-order valence-electron chi connectivity index (χ2n) is 4.94. The zero-order valence-electron chi connectivity index (χ0n) is 12.0. The van der Waals surface area contributed by atoms with Crippen LogP contribution in [0.1, 0.15) is 43.4 Å². The summed E-state index contributed by atoms with van der Waals surface area (Å²) in [5.74, 6) is -1.49. The van der Waals surface area contributed by atoms with Gasteiger partial charge in [-0.1, -0.05) is 6.92 Å². The van der Waals surface area contributed by atoms with Gasteiger partial charge in [0.15, 0.2) is 0 Å². The summed E-state index contributed by atoms with van der Waals surface area (Å²) in [6, 6.07) is 1.34. The van der Waals surface area contributed by atoms with Crippen LogP contribution in [0.15, 0.2) is 18.2 Å². The molecule has 1 rings (SSSR count). The molecule has 0 N–H and O–H groups in total. The van der Waals surface area contributed by atoms with Crippen LogP contribution >= 0.6 is 0 Å². The van der Waals surface area contributed by atoms with Crippen molar-refractivity contribution in [3.8, 4) is 0 Å². The van der Waals surface area contributed by atoms with E-state index in [-0.39, 0.29) is 11.6 Å². The first-order valence-corrected chi connectivity index (χ1v) is 6.29. The van der Waals surface area contributed by atoms with Crippen LogP contribution in [0.3, 0.4) is 0 Å². The molecule has 0 aliphatic rings. The first-order chi connectivity index (χ1) is 9.82. The average Bonchev–Trinajstić information content (AvgIpc) is 2.34. The molecule has 0 bridgehead atoms. The molecule has 8 heteroatoms. The molecule has 0 unspecified atom stereocenters. The molecule has 0 fully saturated rings. The van der Waals surface area contributed by atoms with Crippen LogP contribution in [0.2, 0.25) is 0 Å². The molecule has 0 saturated heterocycles. The van der Waals surface area contributed by atoms with Gasteiger partial charge in [0.05, 0.1) is 11.1 Å². The minimum atomic E-state index is -4.90. The van der Waals surface area contributed by atoms with Gasteiger partial charge in [-0.2, -0.15) is 26.3 Å². The summed E-state index contributed by atoms with van der Waals surface area (Å²) in [4.78, 5) is 10.9. The van der Waals surface area contributed by atoms with Gasteiger partial charge in [0.1, 0.15) is 6.10 Å². The van der Waals surface area contributed by atoms with E-state index in [9.17, 15) is 31.1 Å². The van der Waals surface area contributed by atoms with Gasteiger partial charge in [-0.05, 0) is 30.7 Å². The molecule has 1 aromatic rings. The number of carbonyl (C=O) groups excluding carboxylic acids is 1. The van der Waals surface area contributed by atoms with E-state index in [1.54, 1.807) is 0 Å². The van der Waals surface area contributed by atoms with Crippen molar-refractivity contribution in [3.63, 3.8) is 0 Å². The third kappa shape index (κ3) is 4.64. The van der Waals surface area contributed by atoms with Crippen LogP contribution in [0.4, 0.5) is 26.3 Å². The maximum Gasteiger partial charge on any atom is 0.416 e. The first kappa shape index (κ1) is 18.3. The highest BCUT2D eigenvalue weighted by Crippen LogP contribution is 2.38. The number of ether oxygens (including phenoxy) is 1. The molecule has 0 heterocycles. The number of alkyl halides is 6. The van der Waals surface area contributed by atoms with Crippen LogP contribution in [0.5, 0.6) is 0 Å². The number of hydrogen-bond donors (Lipinski definition) is 0. The molecule has 22 heavy (non-hydrogen) atoms. The summed E-state index contributed by atoms with van der Waals surface area (Å²) >= 11 is 0. The molecule has 0 radical (unpaired) electrons. The van der Waals surface area contributed by atoms with Crippen LogP contribution in [-0.2, 0) is 21.9 Å². The average molecular weight is 328 g/mol. The molecule has 0 spiro atoms. The Kier molecular flexibility index (Phi) is 5.14. The van der Waals surface area contributed by atoms with Crippen molar-refractivity contribution >= 4 is 5.97 Å². The highest BCUT2D eigenvalue weighted by atomic mass is 19.4. The lowest BCUT2D eigenvalue weighted by atomic mass is 9.92. The number of halogens is 6. The molecule has 0 aliphatic heterocycles. The Hall–Kier alpha value is -1.73. The summed E-state index contributed by atoms with van der Waals surface area (Å²) in [5, 5.41) is 0. The van der Waals surface area contributed by atoms with Crippen molar-refractivity contribution in [2.75, 3.05) is 0 Å². The van der Waals surface area contributed by atoms with Crippen molar-refractivity contribution in [3.05, 3.63) is 34.9 Å². The number of esters is 1. The fourth-order valence-corrected chi connectivity index (χ4v) is 1.88. The Morgan fingerprint density at radius 2 is 1.36 bits per heavy atom. The Balaban J connectivity index is 3.32. The van der Waals surface area contributed by atoms with E-state index in [0.717, 1.165) is 6.92 Å². The second kappa shape index (κ2) is 6.18. The topological polar surface area (TPSA) is 26.3 Å².